The van der Waals surface area contributed by atoms with Gasteiger partial charge in [-0.1, -0.05) is 13.8 Å². The summed E-state index contributed by atoms with van der Waals surface area (Å²) in [6.07, 6.45) is 3.33. The van der Waals surface area contributed by atoms with Gasteiger partial charge < -0.3 is 10.1 Å². The third-order valence-electron chi connectivity index (χ3n) is 2.11. The molecule has 0 amide bonds. The van der Waals surface area contributed by atoms with Crippen LogP contribution in [0.25, 0.3) is 0 Å². The molecule has 0 fully saturated rings. The predicted octanol–water partition coefficient (Wildman–Crippen LogP) is 2.40. The zero-order chi connectivity index (χ0) is 12.9. The molecule has 0 bridgehead atoms. The van der Waals surface area contributed by atoms with Crippen LogP contribution in [0.2, 0.25) is 0 Å². The van der Waals surface area contributed by atoms with Crippen molar-refractivity contribution in [1.29, 1.82) is 0 Å². The standard InChI is InChI=1S/C13H23N3O/c1-10(2)8-17-12-11(6-14-9-15-12)7-16-13(3,4)5/h6,9-10,16H,7-8H2,1-5H3. The largest absolute Gasteiger partial charge is 0.477 e. The zero-order valence-electron chi connectivity index (χ0n) is 11.4. The Morgan fingerprint density at radius 2 is 2.06 bits per heavy atom. The number of hydrogen-bond donors (Lipinski definition) is 1. The Hall–Kier alpha value is -1.16. The van der Waals surface area contributed by atoms with Gasteiger partial charge >= 0.3 is 0 Å². The minimum atomic E-state index is 0.0746. The van der Waals surface area contributed by atoms with E-state index in [2.05, 4.69) is 49.9 Å². The number of ether oxygens (including phenoxy) is 1. The quantitative estimate of drug-likeness (QED) is 0.854. The molecule has 4 heteroatoms. The number of nitrogens with one attached hydrogen (secondary N) is 1. The van der Waals surface area contributed by atoms with E-state index in [9.17, 15) is 0 Å². The first-order valence-electron chi connectivity index (χ1n) is 6.05. The second-order valence-electron chi connectivity index (χ2n) is 5.66. The maximum atomic E-state index is 5.67. The van der Waals surface area contributed by atoms with Crippen molar-refractivity contribution in [1.82, 2.24) is 15.3 Å². The summed E-state index contributed by atoms with van der Waals surface area (Å²) in [6.45, 7) is 12.0. The lowest BCUT2D eigenvalue weighted by Gasteiger charge is -2.21. The van der Waals surface area contributed by atoms with Crippen LogP contribution in [0.5, 0.6) is 5.88 Å². The summed E-state index contributed by atoms with van der Waals surface area (Å²) in [5, 5.41) is 3.41. The highest BCUT2D eigenvalue weighted by molar-refractivity contribution is 5.22. The molecule has 1 aromatic heterocycles. The fraction of sp³-hybridized carbons (Fsp3) is 0.692. The van der Waals surface area contributed by atoms with E-state index in [1.54, 1.807) is 6.20 Å². The van der Waals surface area contributed by atoms with Crippen LogP contribution in [-0.2, 0) is 6.54 Å². The van der Waals surface area contributed by atoms with E-state index >= 15 is 0 Å². The Kier molecular flexibility index (Phi) is 4.87. The van der Waals surface area contributed by atoms with Gasteiger partial charge in [0.1, 0.15) is 6.33 Å². The van der Waals surface area contributed by atoms with Gasteiger partial charge in [-0.2, -0.15) is 0 Å². The first-order valence-corrected chi connectivity index (χ1v) is 6.05. The summed E-state index contributed by atoms with van der Waals surface area (Å²) < 4.78 is 5.67. The van der Waals surface area contributed by atoms with Crippen LogP contribution in [0, 0.1) is 5.92 Å². The molecule has 0 atom stereocenters. The summed E-state index contributed by atoms with van der Waals surface area (Å²) >= 11 is 0. The van der Waals surface area contributed by atoms with Crippen molar-refractivity contribution in [3.8, 4) is 5.88 Å². The molecule has 1 rings (SSSR count). The van der Waals surface area contributed by atoms with E-state index in [-0.39, 0.29) is 5.54 Å². The van der Waals surface area contributed by atoms with Crippen LogP contribution in [0.4, 0.5) is 0 Å². The SMILES string of the molecule is CC(C)COc1ncncc1CNC(C)(C)C. The van der Waals surface area contributed by atoms with Gasteiger partial charge in [0.15, 0.2) is 0 Å². The maximum Gasteiger partial charge on any atom is 0.220 e. The predicted molar refractivity (Wildman–Crippen MR) is 69.0 cm³/mol. The van der Waals surface area contributed by atoms with E-state index in [1.165, 1.54) is 6.33 Å². The molecule has 0 radical (unpaired) electrons. The lowest BCUT2D eigenvalue weighted by Crippen LogP contribution is -2.35. The van der Waals surface area contributed by atoms with Gasteiger partial charge in [0.25, 0.3) is 0 Å². The van der Waals surface area contributed by atoms with Crippen molar-refractivity contribution in [2.24, 2.45) is 5.92 Å². The van der Waals surface area contributed by atoms with Gasteiger partial charge in [-0.25, -0.2) is 9.97 Å². The molecule has 0 unspecified atom stereocenters. The van der Waals surface area contributed by atoms with E-state index in [0.29, 0.717) is 18.4 Å². The molecule has 0 saturated carbocycles. The Morgan fingerprint density at radius 3 is 2.65 bits per heavy atom. The van der Waals surface area contributed by atoms with E-state index in [1.807, 2.05) is 0 Å². The molecule has 0 aromatic carbocycles. The van der Waals surface area contributed by atoms with Crippen molar-refractivity contribution in [2.45, 2.75) is 46.7 Å². The Bertz CT molecular complexity index is 345. The van der Waals surface area contributed by atoms with E-state index in [4.69, 9.17) is 4.74 Å². The molecule has 0 saturated heterocycles. The molecular weight excluding hydrogens is 214 g/mol. The summed E-state index contributed by atoms with van der Waals surface area (Å²) in [6, 6.07) is 0. The molecule has 1 N–H and O–H groups in total. The average molecular weight is 237 g/mol. The zero-order valence-corrected chi connectivity index (χ0v) is 11.4. The smallest absolute Gasteiger partial charge is 0.220 e. The minimum Gasteiger partial charge on any atom is -0.477 e. The fourth-order valence-electron chi connectivity index (χ4n) is 1.20. The first-order chi connectivity index (χ1) is 7.88. The monoisotopic (exact) mass is 237 g/mol. The summed E-state index contributed by atoms with van der Waals surface area (Å²) in [7, 11) is 0. The molecule has 0 spiro atoms. The van der Waals surface area contributed by atoms with Crippen molar-refractivity contribution in [2.75, 3.05) is 6.61 Å². The van der Waals surface area contributed by atoms with Crippen LogP contribution >= 0.6 is 0 Å². The lowest BCUT2D eigenvalue weighted by molar-refractivity contribution is 0.256. The molecule has 17 heavy (non-hydrogen) atoms. The van der Waals surface area contributed by atoms with Crippen molar-refractivity contribution in [3.05, 3.63) is 18.1 Å². The van der Waals surface area contributed by atoms with E-state index < -0.39 is 0 Å². The molecule has 1 heterocycles. The highest BCUT2D eigenvalue weighted by atomic mass is 16.5. The molecule has 0 aliphatic heterocycles. The van der Waals surface area contributed by atoms with Gasteiger partial charge in [0.2, 0.25) is 5.88 Å². The lowest BCUT2D eigenvalue weighted by atomic mass is 10.1. The fourth-order valence-corrected chi connectivity index (χ4v) is 1.20. The van der Waals surface area contributed by atoms with Gasteiger partial charge in [-0.05, 0) is 26.7 Å². The van der Waals surface area contributed by atoms with Crippen LogP contribution < -0.4 is 10.1 Å². The van der Waals surface area contributed by atoms with Gasteiger partial charge in [-0.15, -0.1) is 0 Å². The van der Waals surface area contributed by atoms with Gasteiger partial charge in [0.05, 0.1) is 6.61 Å². The number of rotatable bonds is 5. The Labute approximate surface area is 104 Å². The number of nitrogens with zero attached hydrogens (tertiary/aromatic N) is 2. The number of aromatic nitrogens is 2. The molecule has 1 aromatic rings. The van der Waals surface area contributed by atoms with Crippen LogP contribution in [0.15, 0.2) is 12.5 Å². The third-order valence-corrected chi connectivity index (χ3v) is 2.11. The van der Waals surface area contributed by atoms with Crippen molar-refractivity contribution < 1.29 is 4.74 Å². The van der Waals surface area contributed by atoms with Crippen LogP contribution in [0.1, 0.15) is 40.2 Å². The van der Waals surface area contributed by atoms with E-state index in [0.717, 1.165) is 12.1 Å². The van der Waals surface area contributed by atoms with Crippen molar-refractivity contribution >= 4 is 0 Å². The topological polar surface area (TPSA) is 47.0 Å². The third kappa shape index (κ3) is 5.63. The van der Waals surface area contributed by atoms with Gasteiger partial charge in [-0.3, -0.25) is 0 Å². The molecule has 4 nitrogen and oxygen atoms in total. The number of hydrogen-bond acceptors (Lipinski definition) is 4. The Balaban J connectivity index is 2.64. The normalized spacial score (nSPS) is 11.9. The summed E-state index contributed by atoms with van der Waals surface area (Å²) in [5.41, 5.74) is 1.08. The first kappa shape index (κ1) is 13.9. The average Bonchev–Trinajstić information content (AvgIpc) is 2.23. The summed E-state index contributed by atoms with van der Waals surface area (Å²) in [4.78, 5) is 8.22. The minimum absolute atomic E-state index is 0.0746. The van der Waals surface area contributed by atoms with Gasteiger partial charge in [0, 0.05) is 23.8 Å². The van der Waals surface area contributed by atoms with Crippen LogP contribution in [-0.4, -0.2) is 22.1 Å². The second-order valence-corrected chi connectivity index (χ2v) is 5.66. The molecule has 0 aliphatic carbocycles. The second kappa shape index (κ2) is 5.96. The van der Waals surface area contributed by atoms with Crippen LogP contribution in [0.3, 0.4) is 0 Å². The van der Waals surface area contributed by atoms with Crippen molar-refractivity contribution in [3.63, 3.8) is 0 Å². The molecule has 96 valence electrons. The highest BCUT2D eigenvalue weighted by Gasteiger charge is 2.12. The maximum absolute atomic E-state index is 5.67. The Morgan fingerprint density at radius 1 is 1.35 bits per heavy atom. The molecule has 0 aliphatic rings. The highest BCUT2D eigenvalue weighted by Crippen LogP contribution is 2.15. The summed E-state index contributed by atoms with van der Waals surface area (Å²) in [5.74, 6) is 1.18. The molecular formula is C13H23N3O.